The second-order valence-corrected chi connectivity index (χ2v) is 4.53. The standard InChI is InChI=1S/C13H19F4N3O/c1-3-5-9-10(18-6-4-2)19-8-20-11(9)21-7-13(16,17)12(14)15/h8,12H,3-7H2,1-2H3,(H,18,19,20). The average Bonchev–Trinajstić information content (AvgIpc) is 2.44. The van der Waals surface area contributed by atoms with Crippen molar-refractivity contribution in [3.05, 3.63) is 11.9 Å². The summed E-state index contributed by atoms with van der Waals surface area (Å²) in [7, 11) is 0. The van der Waals surface area contributed by atoms with Crippen molar-refractivity contribution in [2.24, 2.45) is 0 Å². The quantitative estimate of drug-likeness (QED) is 0.709. The third kappa shape index (κ3) is 5.02. The molecule has 8 heteroatoms. The fourth-order valence-electron chi connectivity index (χ4n) is 1.62. The lowest BCUT2D eigenvalue weighted by Gasteiger charge is -2.18. The lowest BCUT2D eigenvalue weighted by molar-refractivity contribution is -0.148. The summed E-state index contributed by atoms with van der Waals surface area (Å²) in [5, 5.41) is 3.04. The van der Waals surface area contributed by atoms with Crippen molar-refractivity contribution in [2.45, 2.75) is 45.5 Å². The summed E-state index contributed by atoms with van der Waals surface area (Å²) in [6.45, 7) is 3.11. The van der Waals surface area contributed by atoms with Gasteiger partial charge in [-0.3, -0.25) is 0 Å². The molecule has 1 N–H and O–H groups in total. The van der Waals surface area contributed by atoms with Gasteiger partial charge in [0.1, 0.15) is 12.1 Å². The van der Waals surface area contributed by atoms with Gasteiger partial charge in [-0.2, -0.15) is 8.78 Å². The normalized spacial score (nSPS) is 11.8. The zero-order valence-corrected chi connectivity index (χ0v) is 12.0. The molecule has 0 atom stereocenters. The Balaban J connectivity index is 2.90. The van der Waals surface area contributed by atoms with Crippen LogP contribution in [0, 0.1) is 0 Å². The van der Waals surface area contributed by atoms with Gasteiger partial charge in [-0.05, 0) is 12.8 Å². The van der Waals surface area contributed by atoms with Gasteiger partial charge in [0.2, 0.25) is 5.88 Å². The highest BCUT2D eigenvalue weighted by Gasteiger charge is 2.42. The van der Waals surface area contributed by atoms with Crippen LogP contribution in [0.2, 0.25) is 0 Å². The maximum absolute atomic E-state index is 12.9. The van der Waals surface area contributed by atoms with Crippen molar-refractivity contribution in [1.82, 2.24) is 9.97 Å². The summed E-state index contributed by atoms with van der Waals surface area (Å²) < 4.78 is 54.9. The molecular formula is C13H19F4N3O. The Bertz CT molecular complexity index is 443. The molecule has 120 valence electrons. The van der Waals surface area contributed by atoms with E-state index >= 15 is 0 Å². The molecule has 0 bridgehead atoms. The van der Waals surface area contributed by atoms with Gasteiger partial charge >= 0.3 is 12.3 Å². The maximum atomic E-state index is 12.9. The number of halogens is 4. The summed E-state index contributed by atoms with van der Waals surface area (Å²) >= 11 is 0. The van der Waals surface area contributed by atoms with Gasteiger partial charge in [0.05, 0.1) is 5.56 Å². The summed E-state index contributed by atoms with van der Waals surface area (Å²) in [4.78, 5) is 7.81. The predicted octanol–water partition coefficient (Wildman–Crippen LogP) is 3.53. The van der Waals surface area contributed by atoms with E-state index in [4.69, 9.17) is 4.74 Å². The second-order valence-electron chi connectivity index (χ2n) is 4.53. The molecule has 0 radical (unpaired) electrons. The molecule has 0 aliphatic carbocycles. The Morgan fingerprint density at radius 1 is 1.24 bits per heavy atom. The lowest BCUT2D eigenvalue weighted by Crippen LogP contribution is -2.34. The molecule has 0 saturated heterocycles. The van der Waals surface area contributed by atoms with Crippen LogP contribution >= 0.6 is 0 Å². The molecule has 0 aromatic carbocycles. The van der Waals surface area contributed by atoms with E-state index in [9.17, 15) is 17.6 Å². The van der Waals surface area contributed by atoms with Crippen molar-refractivity contribution in [1.29, 1.82) is 0 Å². The second kappa shape index (κ2) is 7.99. The van der Waals surface area contributed by atoms with E-state index in [1.165, 1.54) is 0 Å². The molecule has 1 aromatic heterocycles. The summed E-state index contributed by atoms with van der Waals surface area (Å²) in [6.07, 6.45) is -0.535. The van der Waals surface area contributed by atoms with Crippen molar-refractivity contribution in [3.63, 3.8) is 0 Å². The first kappa shape index (κ1) is 17.5. The number of alkyl halides is 4. The van der Waals surface area contributed by atoms with Gasteiger partial charge in [-0.25, -0.2) is 18.7 Å². The van der Waals surface area contributed by atoms with E-state index < -0.39 is 19.0 Å². The molecule has 1 aromatic rings. The minimum atomic E-state index is -4.20. The summed E-state index contributed by atoms with van der Waals surface area (Å²) in [5.74, 6) is -3.79. The highest BCUT2D eigenvalue weighted by molar-refractivity contribution is 5.48. The van der Waals surface area contributed by atoms with Crippen molar-refractivity contribution in [2.75, 3.05) is 18.5 Å². The third-order valence-corrected chi connectivity index (χ3v) is 2.67. The molecular weight excluding hydrogens is 290 g/mol. The van der Waals surface area contributed by atoms with E-state index in [1.807, 2.05) is 13.8 Å². The minimum absolute atomic E-state index is 0.0780. The SMILES string of the molecule is CCCNc1ncnc(OCC(F)(F)C(F)F)c1CCC. The first-order valence-electron chi connectivity index (χ1n) is 6.78. The third-order valence-electron chi connectivity index (χ3n) is 2.67. The zero-order chi connectivity index (χ0) is 15.9. The van der Waals surface area contributed by atoms with Gasteiger partial charge in [0.25, 0.3) is 0 Å². The Kier molecular flexibility index (Phi) is 6.64. The van der Waals surface area contributed by atoms with Gasteiger partial charge in [0, 0.05) is 6.54 Å². The van der Waals surface area contributed by atoms with Crippen LogP contribution in [-0.4, -0.2) is 35.5 Å². The first-order valence-corrected chi connectivity index (χ1v) is 6.78. The molecule has 0 spiro atoms. The van der Waals surface area contributed by atoms with Crippen LogP contribution in [0.3, 0.4) is 0 Å². The summed E-state index contributed by atoms with van der Waals surface area (Å²) in [5.41, 5.74) is 0.526. The smallest absolute Gasteiger partial charge is 0.340 e. The van der Waals surface area contributed by atoms with Gasteiger partial charge in [0.15, 0.2) is 6.61 Å². The van der Waals surface area contributed by atoms with Crippen LogP contribution in [0.15, 0.2) is 6.33 Å². The highest BCUT2D eigenvalue weighted by Crippen LogP contribution is 2.27. The monoisotopic (exact) mass is 309 g/mol. The minimum Gasteiger partial charge on any atom is -0.471 e. The molecule has 1 rings (SSSR count). The number of aromatic nitrogens is 2. The Labute approximate surface area is 120 Å². The van der Waals surface area contributed by atoms with Crippen LogP contribution in [0.4, 0.5) is 23.4 Å². The number of hydrogen-bond acceptors (Lipinski definition) is 4. The van der Waals surface area contributed by atoms with Crippen molar-refractivity contribution in [3.8, 4) is 5.88 Å². The molecule has 4 nitrogen and oxygen atoms in total. The molecule has 0 saturated carbocycles. The molecule has 21 heavy (non-hydrogen) atoms. The fourth-order valence-corrected chi connectivity index (χ4v) is 1.62. The molecule has 0 amide bonds. The fraction of sp³-hybridized carbons (Fsp3) is 0.692. The number of ether oxygens (including phenoxy) is 1. The molecule has 0 unspecified atom stereocenters. The maximum Gasteiger partial charge on any atom is 0.340 e. The first-order chi connectivity index (χ1) is 9.92. The Morgan fingerprint density at radius 3 is 2.52 bits per heavy atom. The van der Waals surface area contributed by atoms with E-state index in [-0.39, 0.29) is 5.88 Å². The molecule has 0 aliphatic rings. The van der Waals surface area contributed by atoms with Crippen molar-refractivity contribution >= 4 is 5.82 Å². The number of nitrogens with zero attached hydrogens (tertiary/aromatic N) is 2. The van der Waals surface area contributed by atoms with E-state index in [2.05, 4.69) is 15.3 Å². The van der Waals surface area contributed by atoms with Gasteiger partial charge < -0.3 is 10.1 Å². The highest BCUT2D eigenvalue weighted by atomic mass is 19.3. The van der Waals surface area contributed by atoms with Crippen LogP contribution in [-0.2, 0) is 6.42 Å². The van der Waals surface area contributed by atoms with E-state index in [0.717, 1.165) is 19.2 Å². The predicted molar refractivity (Wildman–Crippen MR) is 71.3 cm³/mol. The topological polar surface area (TPSA) is 47.0 Å². The van der Waals surface area contributed by atoms with Crippen molar-refractivity contribution < 1.29 is 22.3 Å². The van der Waals surface area contributed by atoms with Crippen LogP contribution < -0.4 is 10.1 Å². The summed E-state index contributed by atoms with van der Waals surface area (Å²) in [6, 6.07) is 0. The van der Waals surface area contributed by atoms with Gasteiger partial charge in [-0.1, -0.05) is 20.3 Å². The Hall–Kier alpha value is -1.60. The van der Waals surface area contributed by atoms with Gasteiger partial charge in [-0.15, -0.1) is 0 Å². The molecule has 1 heterocycles. The van der Waals surface area contributed by atoms with E-state index in [0.29, 0.717) is 24.3 Å². The largest absolute Gasteiger partial charge is 0.471 e. The van der Waals surface area contributed by atoms with Crippen LogP contribution in [0.5, 0.6) is 5.88 Å². The van der Waals surface area contributed by atoms with Crippen LogP contribution in [0.25, 0.3) is 0 Å². The lowest BCUT2D eigenvalue weighted by atomic mass is 10.1. The number of nitrogens with one attached hydrogen (secondary N) is 1. The zero-order valence-electron chi connectivity index (χ0n) is 12.0. The average molecular weight is 309 g/mol. The number of hydrogen-bond donors (Lipinski definition) is 1. The Morgan fingerprint density at radius 2 is 1.95 bits per heavy atom. The van der Waals surface area contributed by atoms with Crippen LogP contribution in [0.1, 0.15) is 32.3 Å². The number of anilines is 1. The number of rotatable bonds is 9. The molecule has 0 aliphatic heterocycles. The van der Waals surface area contributed by atoms with E-state index in [1.54, 1.807) is 0 Å². The molecule has 0 fully saturated rings.